The highest BCUT2D eigenvalue weighted by atomic mass is 32.2. The Bertz CT molecular complexity index is 216. The molecule has 2 N–H and O–H groups in total. The van der Waals surface area contributed by atoms with Crippen LogP contribution in [0.5, 0.6) is 0 Å². The first-order valence-electron chi connectivity index (χ1n) is 4.43. The van der Waals surface area contributed by atoms with Gasteiger partial charge in [-0.25, -0.2) is 4.79 Å². The Morgan fingerprint density at radius 3 is 2.43 bits per heavy atom. The first-order valence-corrected chi connectivity index (χ1v) is 5.83. The fourth-order valence-electron chi connectivity index (χ4n) is 0.842. The van der Waals surface area contributed by atoms with Crippen LogP contribution in [0, 0.1) is 0 Å². The van der Waals surface area contributed by atoms with Crippen molar-refractivity contribution in [3.8, 4) is 0 Å². The van der Waals surface area contributed by atoms with Crippen molar-refractivity contribution in [3.63, 3.8) is 0 Å². The van der Waals surface area contributed by atoms with Gasteiger partial charge in [0.05, 0.1) is 0 Å². The van der Waals surface area contributed by atoms with Crippen LogP contribution >= 0.6 is 11.8 Å². The number of aliphatic carboxylic acids is 1. The normalized spacial score (nSPS) is 11.1. The summed E-state index contributed by atoms with van der Waals surface area (Å²) < 4.78 is 0. The Hall–Kier alpha value is -0.710. The smallest absolute Gasteiger partial charge is 0.328 e. The molecule has 0 aromatic heterocycles. The molecule has 0 aromatic carbocycles. The quantitative estimate of drug-likeness (QED) is 0.657. The zero-order chi connectivity index (χ0) is 11.2. The van der Waals surface area contributed by atoms with E-state index in [-0.39, 0.29) is 5.91 Å². The number of hydrogen-bond donors (Lipinski definition) is 2. The first-order chi connectivity index (χ1) is 6.40. The zero-order valence-corrected chi connectivity index (χ0v) is 9.61. The van der Waals surface area contributed by atoms with Crippen molar-refractivity contribution >= 4 is 23.6 Å². The number of hydrogen-bond acceptors (Lipinski definition) is 3. The first kappa shape index (κ1) is 13.3. The maximum absolute atomic E-state index is 11.3. The van der Waals surface area contributed by atoms with Crippen molar-refractivity contribution in [2.75, 3.05) is 12.0 Å². The van der Waals surface area contributed by atoms with Gasteiger partial charge >= 0.3 is 5.97 Å². The Kier molecular flexibility index (Phi) is 5.60. The average Bonchev–Trinajstić information content (AvgIpc) is 2.03. The van der Waals surface area contributed by atoms with Gasteiger partial charge in [0.25, 0.3) is 0 Å². The second-order valence-corrected chi connectivity index (χ2v) is 4.56. The average molecular weight is 219 g/mol. The van der Waals surface area contributed by atoms with Gasteiger partial charge in [0.2, 0.25) is 5.91 Å². The molecule has 0 spiro atoms. The Morgan fingerprint density at radius 2 is 2.00 bits per heavy atom. The van der Waals surface area contributed by atoms with Gasteiger partial charge in [-0.15, -0.1) is 0 Å². The van der Waals surface area contributed by atoms with Gasteiger partial charge in [0.15, 0.2) is 0 Å². The molecule has 0 aromatic rings. The molecule has 0 radical (unpaired) electrons. The lowest BCUT2D eigenvalue weighted by Crippen LogP contribution is -2.49. The number of carboxylic acid groups (broad SMARTS) is 1. The molecule has 1 amide bonds. The van der Waals surface area contributed by atoms with E-state index in [2.05, 4.69) is 5.32 Å². The molecule has 4 nitrogen and oxygen atoms in total. The SMILES string of the molecule is CSCCCC(=O)NC(C)(C)C(=O)O. The summed E-state index contributed by atoms with van der Waals surface area (Å²) in [7, 11) is 0. The van der Waals surface area contributed by atoms with Gasteiger partial charge in [0.1, 0.15) is 5.54 Å². The second-order valence-electron chi connectivity index (χ2n) is 3.57. The molecule has 0 saturated heterocycles. The lowest BCUT2D eigenvalue weighted by Gasteiger charge is -2.20. The topological polar surface area (TPSA) is 66.4 Å². The fourth-order valence-corrected chi connectivity index (χ4v) is 1.27. The minimum Gasteiger partial charge on any atom is -0.480 e. The van der Waals surface area contributed by atoms with E-state index in [4.69, 9.17) is 5.11 Å². The van der Waals surface area contributed by atoms with Crippen LogP contribution in [0.4, 0.5) is 0 Å². The lowest BCUT2D eigenvalue weighted by atomic mass is 10.1. The minimum atomic E-state index is -1.17. The van der Waals surface area contributed by atoms with Crippen LogP contribution in [0.25, 0.3) is 0 Å². The summed E-state index contributed by atoms with van der Waals surface area (Å²) in [6.07, 6.45) is 3.14. The molecule has 0 aliphatic carbocycles. The van der Waals surface area contributed by atoms with Crippen LogP contribution in [0.2, 0.25) is 0 Å². The highest BCUT2D eigenvalue weighted by Crippen LogP contribution is 2.04. The van der Waals surface area contributed by atoms with Crippen molar-refractivity contribution in [1.82, 2.24) is 5.32 Å². The van der Waals surface area contributed by atoms with Crippen molar-refractivity contribution in [2.45, 2.75) is 32.2 Å². The van der Waals surface area contributed by atoms with Gasteiger partial charge < -0.3 is 10.4 Å². The van der Waals surface area contributed by atoms with Gasteiger partial charge in [0, 0.05) is 6.42 Å². The molecule has 0 heterocycles. The summed E-state index contributed by atoms with van der Waals surface area (Å²) in [5.41, 5.74) is -1.17. The van der Waals surface area contributed by atoms with Crippen molar-refractivity contribution in [2.24, 2.45) is 0 Å². The predicted octanol–water partition coefficient (Wildman–Crippen LogP) is 1.11. The van der Waals surface area contributed by atoms with E-state index in [0.717, 1.165) is 12.2 Å². The Balaban J connectivity index is 3.88. The highest BCUT2D eigenvalue weighted by molar-refractivity contribution is 7.98. The molecule has 5 heteroatoms. The van der Waals surface area contributed by atoms with Gasteiger partial charge in [-0.3, -0.25) is 4.79 Å². The second kappa shape index (κ2) is 5.90. The summed E-state index contributed by atoms with van der Waals surface area (Å²) in [6.45, 7) is 2.95. The summed E-state index contributed by atoms with van der Waals surface area (Å²) in [4.78, 5) is 21.9. The van der Waals surface area contributed by atoms with Crippen molar-refractivity contribution < 1.29 is 14.7 Å². The molecular weight excluding hydrogens is 202 g/mol. The highest BCUT2D eigenvalue weighted by Gasteiger charge is 2.28. The summed E-state index contributed by atoms with van der Waals surface area (Å²) in [6, 6.07) is 0. The van der Waals surface area contributed by atoms with E-state index >= 15 is 0 Å². The number of amides is 1. The lowest BCUT2D eigenvalue weighted by molar-refractivity contribution is -0.146. The number of carbonyl (C=O) groups is 2. The number of carbonyl (C=O) groups excluding carboxylic acids is 1. The Morgan fingerprint density at radius 1 is 1.43 bits per heavy atom. The molecule has 0 aliphatic heterocycles. The molecule has 0 bridgehead atoms. The molecule has 0 atom stereocenters. The predicted molar refractivity (Wildman–Crippen MR) is 57.5 cm³/mol. The third-order valence-electron chi connectivity index (χ3n) is 1.74. The standard InChI is InChI=1S/C9H17NO3S/c1-9(2,8(12)13)10-7(11)5-4-6-14-3/h4-6H2,1-3H3,(H,10,11)(H,12,13). The zero-order valence-electron chi connectivity index (χ0n) is 8.79. The van der Waals surface area contributed by atoms with Crippen LogP contribution in [0.3, 0.4) is 0 Å². The van der Waals surface area contributed by atoms with E-state index in [1.54, 1.807) is 11.8 Å². The molecule has 0 saturated carbocycles. The summed E-state index contributed by atoms with van der Waals surface area (Å²) in [5, 5.41) is 11.2. The molecule has 0 fully saturated rings. The van der Waals surface area contributed by atoms with Crippen molar-refractivity contribution in [3.05, 3.63) is 0 Å². The number of rotatable bonds is 6. The largest absolute Gasteiger partial charge is 0.480 e. The van der Waals surface area contributed by atoms with Gasteiger partial charge in [-0.2, -0.15) is 11.8 Å². The van der Waals surface area contributed by atoms with E-state index in [0.29, 0.717) is 6.42 Å². The third-order valence-corrected chi connectivity index (χ3v) is 2.44. The van der Waals surface area contributed by atoms with E-state index in [1.807, 2.05) is 6.26 Å². The maximum Gasteiger partial charge on any atom is 0.328 e. The molecule has 82 valence electrons. The van der Waals surface area contributed by atoms with Gasteiger partial charge in [-0.1, -0.05) is 0 Å². The van der Waals surface area contributed by atoms with Crippen LogP contribution in [-0.2, 0) is 9.59 Å². The van der Waals surface area contributed by atoms with E-state index in [1.165, 1.54) is 13.8 Å². The number of thioether (sulfide) groups is 1. The maximum atomic E-state index is 11.3. The Labute approximate surface area is 88.4 Å². The minimum absolute atomic E-state index is 0.202. The number of nitrogens with one attached hydrogen (secondary N) is 1. The van der Waals surface area contributed by atoms with Crippen molar-refractivity contribution in [1.29, 1.82) is 0 Å². The van der Waals surface area contributed by atoms with Crippen LogP contribution in [0.1, 0.15) is 26.7 Å². The number of carboxylic acids is 1. The fraction of sp³-hybridized carbons (Fsp3) is 0.778. The van der Waals surface area contributed by atoms with E-state index < -0.39 is 11.5 Å². The van der Waals surface area contributed by atoms with Crippen LogP contribution < -0.4 is 5.32 Å². The van der Waals surface area contributed by atoms with Crippen LogP contribution in [-0.4, -0.2) is 34.5 Å². The molecule has 14 heavy (non-hydrogen) atoms. The van der Waals surface area contributed by atoms with E-state index in [9.17, 15) is 9.59 Å². The van der Waals surface area contributed by atoms with Crippen LogP contribution in [0.15, 0.2) is 0 Å². The molecule has 0 unspecified atom stereocenters. The molecule has 0 rings (SSSR count). The monoisotopic (exact) mass is 219 g/mol. The molecular formula is C9H17NO3S. The molecule has 0 aliphatic rings. The summed E-state index contributed by atoms with van der Waals surface area (Å²) >= 11 is 1.67. The summed E-state index contributed by atoms with van der Waals surface area (Å²) in [5.74, 6) is -0.303. The van der Waals surface area contributed by atoms with Gasteiger partial charge in [-0.05, 0) is 32.3 Å². The third kappa shape index (κ3) is 5.11.